The fourth-order valence-corrected chi connectivity index (χ4v) is 1.99. The molecule has 1 heterocycles. The van der Waals surface area contributed by atoms with E-state index >= 15 is 0 Å². The lowest BCUT2D eigenvalue weighted by Gasteiger charge is -2.16. The van der Waals surface area contributed by atoms with Crippen LogP contribution >= 0.6 is 0 Å². The van der Waals surface area contributed by atoms with Gasteiger partial charge in [0.25, 0.3) is 0 Å². The Morgan fingerprint density at radius 2 is 1.75 bits per heavy atom. The Kier molecular flexibility index (Phi) is 3.79. The van der Waals surface area contributed by atoms with Gasteiger partial charge in [-0.2, -0.15) is 13.2 Å². The number of halogens is 4. The third-order valence-corrected chi connectivity index (χ3v) is 2.93. The Hall–Kier alpha value is -1.91. The Balaban J connectivity index is 2.58. The summed E-state index contributed by atoms with van der Waals surface area (Å²) in [5.74, 6) is -0.836. The molecule has 0 amide bonds. The second kappa shape index (κ2) is 5.23. The zero-order valence-electron chi connectivity index (χ0n) is 11.0. The van der Waals surface area contributed by atoms with Crippen LogP contribution in [0.2, 0.25) is 0 Å². The SMILES string of the molecule is CC(C)c1ncc(-c2cccc(F)c2)cc1C(F)(F)F. The highest BCUT2D eigenvalue weighted by Gasteiger charge is 2.35. The number of nitrogens with zero attached hydrogens (tertiary/aromatic N) is 1. The normalized spacial score (nSPS) is 11.9. The van der Waals surface area contributed by atoms with E-state index in [1.54, 1.807) is 19.9 Å². The fraction of sp³-hybridized carbons (Fsp3) is 0.267. The molecule has 0 unspecified atom stereocenters. The first-order chi connectivity index (χ1) is 9.29. The van der Waals surface area contributed by atoms with Gasteiger partial charge in [-0.1, -0.05) is 26.0 Å². The van der Waals surface area contributed by atoms with Crippen molar-refractivity contribution in [3.63, 3.8) is 0 Å². The maximum atomic E-state index is 13.2. The Labute approximate surface area is 114 Å². The van der Waals surface area contributed by atoms with Crippen LogP contribution < -0.4 is 0 Å². The zero-order valence-corrected chi connectivity index (χ0v) is 11.0. The van der Waals surface area contributed by atoms with Gasteiger partial charge < -0.3 is 0 Å². The van der Waals surface area contributed by atoms with Crippen LogP contribution in [-0.2, 0) is 6.18 Å². The van der Waals surface area contributed by atoms with Gasteiger partial charge >= 0.3 is 6.18 Å². The monoisotopic (exact) mass is 283 g/mol. The summed E-state index contributed by atoms with van der Waals surface area (Å²) < 4.78 is 52.4. The molecule has 0 radical (unpaired) electrons. The van der Waals surface area contributed by atoms with E-state index in [2.05, 4.69) is 4.98 Å². The lowest BCUT2D eigenvalue weighted by Crippen LogP contribution is -2.12. The standard InChI is InChI=1S/C15H13F4N/c1-9(2)14-13(15(17,18)19)7-11(8-20-14)10-4-3-5-12(16)6-10/h3-9H,1-2H3. The molecule has 0 fully saturated rings. The number of hydrogen-bond acceptors (Lipinski definition) is 1. The highest BCUT2D eigenvalue weighted by molar-refractivity contribution is 5.63. The molecule has 0 aliphatic heterocycles. The van der Waals surface area contributed by atoms with Crippen LogP contribution in [0.3, 0.4) is 0 Å². The second-order valence-electron chi connectivity index (χ2n) is 4.82. The summed E-state index contributed by atoms with van der Waals surface area (Å²) >= 11 is 0. The average molecular weight is 283 g/mol. The van der Waals surface area contributed by atoms with E-state index in [0.717, 1.165) is 6.07 Å². The van der Waals surface area contributed by atoms with E-state index in [0.29, 0.717) is 5.56 Å². The van der Waals surface area contributed by atoms with Crippen LogP contribution in [0.4, 0.5) is 17.6 Å². The lowest BCUT2D eigenvalue weighted by atomic mass is 9.99. The van der Waals surface area contributed by atoms with E-state index in [1.165, 1.54) is 24.4 Å². The van der Waals surface area contributed by atoms with Crippen LogP contribution in [0.15, 0.2) is 36.5 Å². The lowest BCUT2D eigenvalue weighted by molar-refractivity contribution is -0.138. The molecule has 20 heavy (non-hydrogen) atoms. The van der Waals surface area contributed by atoms with Gasteiger partial charge in [-0.3, -0.25) is 4.98 Å². The highest BCUT2D eigenvalue weighted by Crippen LogP contribution is 2.36. The molecule has 1 nitrogen and oxygen atoms in total. The Morgan fingerprint density at radius 3 is 2.30 bits per heavy atom. The van der Waals surface area contributed by atoms with E-state index < -0.39 is 17.6 Å². The van der Waals surface area contributed by atoms with Crippen molar-refractivity contribution in [3.8, 4) is 11.1 Å². The molecule has 0 N–H and O–H groups in total. The molecule has 0 aliphatic carbocycles. The van der Waals surface area contributed by atoms with E-state index in [4.69, 9.17) is 0 Å². The van der Waals surface area contributed by atoms with Gasteiger partial charge in [0.2, 0.25) is 0 Å². The number of pyridine rings is 1. The highest BCUT2D eigenvalue weighted by atomic mass is 19.4. The minimum atomic E-state index is -4.48. The van der Waals surface area contributed by atoms with E-state index in [1.807, 2.05) is 0 Å². The maximum Gasteiger partial charge on any atom is 0.418 e. The van der Waals surface area contributed by atoms with Gasteiger partial charge in [-0.05, 0) is 29.7 Å². The average Bonchev–Trinajstić information content (AvgIpc) is 2.37. The summed E-state index contributed by atoms with van der Waals surface area (Å²) in [6.45, 7) is 3.30. The van der Waals surface area contributed by atoms with Crippen molar-refractivity contribution < 1.29 is 17.6 Å². The zero-order chi connectivity index (χ0) is 14.9. The summed E-state index contributed by atoms with van der Waals surface area (Å²) in [4.78, 5) is 3.91. The number of benzene rings is 1. The van der Waals surface area contributed by atoms with Crippen LogP contribution in [0.25, 0.3) is 11.1 Å². The van der Waals surface area contributed by atoms with E-state index in [9.17, 15) is 17.6 Å². The summed E-state index contributed by atoms with van der Waals surface area (Å²) in [5.41, 5.74) is -0.147. The predicted molar refractivity (Wildman–Crippen MR) is 68.7 cm³/mol. The van der Waals surface area contributed by atoms with Crippen molar-refractivity contribution in [3.05, 3.63) is 53.6 Å². The molecular weight excluding hydrogens is 270 g/mol. The third-order valence-electron chi connectivity index (χ3n) is 2.93. The minimum Gasteiger partial charge on any atom is -0.260 e. The molecule has 0 atom stereocenters. The Morgan fingerprint density at radius 1 is 1.05 bits per heavy atom. The van der Waals surface area contributed by atoms with Gasteiger partial charge in [0, 0.05) is 11.8 Å². The van der Waals surface area contributed by atoms with Crippen molar-refractivity contribution in [2.75, 3.05) is 0 Å². The maximum absolute atomic E-state index is 13.2. The van der Waals surface area contributed by atoms with Gasteiger partial charge in [0.15, 0.2) is 0 Å². The number of rotatable bonds is 2. The Bertz CT molecular complexity index is 618. The molecule has 0 saturated carbocycles. The molecule has 1 aromatic carbocycles. The van der Waals surface area contributed by atoms with Crippen LogP contribution in [0.5, 0.6) is 0 Å². The van der Waals surface area contributed by atoms with Crippen molar-refractivity contribution in [1.82, 2.24) is 4.98 Å². The fourth-order valence-electron chi connectivity index (χ4n) is 1.99. The molecule has 0 saturated heterocycles. The number of aromatic nitrogens is 1. The first kappa shape index (κ1) is 14.5. The van der Waals surface area contributed by atoms with Crippen molar-refractivity contribution in [2.24, 2.45) is 0 Å². The van der Waals surface area contributed by atoms with Crippen LogP contribution in [0.1, 0.15) is 31.0 Å². The molecule has 2 rings (SSSR count). The molecule has 0 aliphatic rings. The molecule has 1 aromatic heterocycles. The van der Waals surface area contributed by atoms with Gasteiger partial charge in [0.1, 0.15) is 5.82 Å². The quantitative estimate of drug-likeness (QED) is 0.704. The second-order valence-corrected chi connectivity index (χ2v) is 4.82. The van der Waals surface area contributed by atoms with Crippen molar-refractivity contribution in [1.29, 1.82) is 0 Å². The first-order valence-electron chi connectivity index (χ1n) is 6.12. The molecule has 0 bridgehead atoms. The largest absolute Gasteiger partial charge is 0.418 e. The molecule has 0 spiro atoms. The topological polar surface area (TPSA) is 12.9 Å². The minimum absolute atomic E-state index is 0.00217. The molecular formula is C15H13F4N. The summed E-state index contributed by atoms with van der Waals surface area (Å²) in [6, 6.07) is 6.46. The molecule has 106 valence electrons. The number of hydrogen-bond donors (Lipinski definition) is 0. The summed E-state index contributed by atoms with van der Waals surface area (Å²) in [6.07, 6.45) is -3.13. The summed E-state index contributed by atoms with van der Waals surface area (Å²) in [5, 5.41) is 0. The predicted octanol–water partition coefficient (Wildman–Crippen LogP) is 5.03. The molecule has 2 aromatic rings. The molecule has 5 heteroatoms. The van der Waals surface area contributed by atoms with Gasteiger partial charge in [-0.25, -0.2) is 4.39 Å². The number of alkyl halides is 3. The van der Waals surface area contributed by atoms with Crippen molar-refractivity contribution in [2.45, 2.75) is 25.9 Å². The first-order valence-corrected chi connectivity index (χ1v) is 6.12. The smallest absolute Gasteiger partial charge is 0.260 e. The summed E-state index contributed by atoms with van der Waals surface area (Å²) in [7, 11) is 0. The third kappa shape index (κ3) is 2.98. The van der Waals surface area contributed by atoms with E-state index in [-0.39, 0.29) is 17.2 Å². The van der Waals surface area contributed by atoms with Gasteiger partial charge in [-0.15, -0.1) is 0 Å². The van der Waals surface area contributed by atoms with Crippen LogP contribution in [0, 0.1) is 5.82 Å². The van der Waals surface area contributed by atoms with Gasteiger partial charge in [0.05, 0.1) is 11.3 Å². The van der Waals surface area contributed by atoms with Crippen molar-refractivity contribution >= 4 is 0 Å². The van der Waals surface area contributed by atoms with Crippen LogP contribution in [-0.4, -0.2) is 4.98 Å².